The Kier molecular flexibility index (Phi) is 3.05. The van der Waals surface area contributed by atoms with Crippen LogP contribution in [0.5, 0.6) is 0 Å². The molecule has 86 valence electrons. The summed E-state index contributed by atoms with van der Waals surface area (Å²) >= 11 is 0. The van der Waals surface area contributed by atoms with E-state index in [1.54, 1.807) is 12.3 Å². The number of nitrogens with zero attached hydrogens (tertiary/aromatic N) is 1. The number of aromatic nitrogens is 1. The van der Waals surface area contributed by atoms with Crippen molar-refractivity contribution >= 4 is 17.3 Å². The molecule has 0 aliphatic rings. The van der Waals surface area contributed by atoms with Crippen molar-refractivity contribution in [3.63, 3.8) is 0 Å². The monoisotopic (exact) mass is 227 g/mol. The predicted octanol–water partition coefficient (Wildman–Crippen LogP) is 2.22. The van der Waals surface area contributed by atoms with Crippen LogP contribution in [-0.2, 0) is 0 Å². The molecule has 0 bridgehead atoms. The molecule has 0 saturated carbocycles. The standard InChI is InChI=1S/C13H13N3O/c1-9-4-2-3-5-12(9)16-13(17)10-8-15-7-6-11(10)14/h2-8H,1H3,(H2,14,15)(H,16,17). The van der Waals surface area contributed by atoms with Crippen LogP contribution in [0.25, 0.3) is 0 Å². The SMILES string of the molecule is Cc1ccccc1NC(=O)c1cnccc1N. The van der Waals surface area contributed by atoms with E-state index in [4.69, 9.17) is 5.73 Å². The molecule has 0 atom stereocenters. The summed E-state index contributed by atoms with van der Waals surface area (Å²) in [6.07, 6.45) is 3.02. The van der Waals surface area contributed by atoms with Crippen LogP contribution in [0.3, 0.4) is 0 Å². The van der Waals surface area contributed by atoms with Crippen LogP contribution in [-0.4, -0.2) is 10.9 Å². The Morgan fingerprint density at radius 1 is 1.29 bits per heavy atom. The van der Waals surface area contributed by atoms with E-state index in [-0.39, 0.29) is 5.91 Å². The minimum atomic E-state index is -0.245. The van der Waals surface area contributed by atoms with Crippen molar-refractivity contribution < 1.29 is 4.79 Å². The maximum atomic E-state index is 12.0. The third-order valence-corrected chi connectivity index (χ3v) is 2.49. The van der Waals surface area contributed by atoms with E-state index in [2.05, 4.69) is 10.3 Å². The summed E-state index contributed by atoms with van der Waals surface area (Å²) in [6.45, 7) is 1.93. The topological polar surface area (TPSA) is 68.0 Å². The second-order valence-electron chi connectivity index (χ2n) is 3.73. The molecule has 1 amide bonds. The Hall–Kier alpha value is -2.36. The molecular weight excluding hydrogens is 214 g/mol. The van der Waals surface area contributed by atoms with Crippen LogP contribution in [0.15, 0.2) is 42.7 Å². The summed E-state index contributed by atoms with van der Waals surface area (Å²) < 4.78 is 0. The van der Waals surface area contributed by atoms with Crippen LogP contribution < -0.4 is 11.1 Å². The number of hydrogen-bond acceptors (Lipinski definition) is 3. The number of aryl methyl sites for hydroxylation is 1. The smallest absolute Gasteiger partial charge is 0.259 e. The van der Waals surface area contributed by atoms with Crippen molar-refractivity contribution in [3.8, 4) is 0 Å². The van der Waals surface area contributed by atoms with Gasteiger partial charge in [0, 0.05) is 23.8 Å². The minimum absolute atomic E-state index is 0.245. The van der Waals surface area contributed by atoms with E-state index >= 15 is 0 Å². The van der Waals surface area contributed by atoms with Gasteiger partial charge in [-0.1, -0.05) is 18.2 Å². The summed E-state index contributed by atoms with van der Waals surface area (Å²) in [5, 5.41) is 2.81. The number of benzene rings is 1. The number of carbonyl (C=O) groups is 1. The van der Waals surface area contributed by atoms with E-state index in [9.17, 15) is 4.79 Å². The molecule has 3 N–H and O–H groups in total. The molecule has 2 rings (SSSR count). The molecule has 0 spiro atoms. The number of amides is 1. The third kappa shape index (κ3) is 2.42. The second kappa shape index (κ2) is 4.65. The van der Waals surface area contributed by atoms with Crippen molar-refractivity contribution in [3.05, 3.63) is 53.9 Å². The van der Waals surface area contributed by atoms with Crippen molar-refractivity contribution in [2.24, 2.45) is 0 Å². The molecule has 4 nitrogen and oxygen atoms in total. The molecule has 0 fully saturated rings. The fourth-order valence-electron chi connectivity index (χ4n) is 1.50. The molecule has 0 aliphatic carbocycles. The summed E-state index contributed by atoms with van der Waals surface area (Å²) in [6, 6.07) is 9.17. The molecule has 4 heteroatoms. The van der Waals surface area contributed by atoms with Crippen molar-refractivity contribution in [2.75, 3.05) is 11.1 Å². The molecule has 0 radical (unpaired) electrons. The Balaban J connectivity index is 2.24. The number of pyridine rings is 1. The number of carbonyl (C=O) groups excluding carboxylic acids is 1. The number of para-hydroxylation sites is 1. The van der Waals surface area contributed by atoms with Gasteiger partial charge in [-0.25, -0.2) is 0 Å². The molecule has 0 aliphatic heterocycles. The number of anilines is 2. The summed E-state index contributed by atoms with van der Waals surface area (Å²) in [5.74, 6) is -0.245. The van der Waals surface area contributed by atoms with Gasteiger partial charge < -0.3 is 11.1 Å². The number of hydrogen-bond donors (Lipinski definition) is 2. The zero-order chi connectivity index (χ0) is 12.3. The van der Waals surface area contributed by atoms with Gasteiger partial charge in [0.15, 0.2) is 0 Å². The van der Waals surface area contributed by atoms with Gasteiger partial charge in [0.05, 0.1) is 5.56 Å². The normalized spacial score (nSPS) is 9.94. The van der Waals surface area contributed by atoms with Gasteiger partial charge in [0.25, 0.3) is 5.91 Å². The van der Waals surface area contributed by atoms with Gasteiger partial charge in [-0.05, 0) is 24.6 Å². The molecule has 1 aromatic carbocycles. The highest BCUT2D eigenvalue weighted by Gasteiger charge is 2.10. The number of nitrogens with one attached hydrogen (secondary N) is 1. The van der Waals surface area contributed by atoms with E-state index < -0.39 is 0 Å². The van der Waals surface area contributed by atoms with E-state index in [1.807, 2.05) is 31.2 Å². The van der Waals surface area contributed by atoms with Gasteiger partial charge >= 0.3 is 0 Å². The number of rotatable bonds is 2. The van der Waals surface area contributed by atoms with Crippen molar-refractivity contribution in [1.82, 2.24) is 4.98 Å². The van der Waals surface area contributed by atoms with Crippen LogP contribution in [0, 0.1) is 6.92 Å². The van der Waals surface area contributed by atoms with Gasteiger partial charge in [-0.2, -0.15) is 0 Å². The maximum Gasteiger partial charge on any atom is 0.259 e. The first-order valence-corrected chi connectivity index (χ1v) is 5.25. The van der Waals surface area contributed by atoms with Gasteiger partial charge in [-0.3, -0.25) is 9.78 Å². The Bertz CT molecular complexity index is 552. The lowest BCUT2D eigenvalue weighted by Crippen LogP contribution is -2.14. The quantitative estimate of drug-likeness (QED) is 0.826. The zero-order valence-corrected chi connectivity index (χ0v) is 9.47. The lowest BCUT2D eigenvalue weighted by molar-refractivity contribution is 0.102. The van der Waals surface area contributed by atoms with E-state index in [0.717, 1.165) is 11.3 Å². The fraction of sp³-hybridized carbons (Fsp3) is 0.0769. The van der Waals surface area contributed by atoms with Gasteiger partial charge in [-0.15, -0.1) is 0 Å². The average Bonchev–Trinajstić information content (AvgIpc) is 2.32. The van der Waals surface area contributed by atoms with Crippen molar-refractivity contribution in [1.29, 1.82) is 0 Å². The van der Waals surface area contributed by atoms with Crippen LogP contribution in [0.4, 0.5) is 11.4 Å². The van der Waals surface area contributed by atoms with Gasteiger partial charge in [0.1, 0.15) is 0 Å². The average molecular weight is 227 g/mol. The first-order valence-electron chi connectivity index (χ1n) is 5.25. The first kappa shape index (κ1) is 11.1. The molecule has 1 aromatic heterocycles. The highest BCUT2D eigenvalue weighted by Crippen LogP contribution is 2.16. The predicted molar refractivity (Wildman–Crippen MR) is 67.8 cm³/mol. The molecule has 17 heavy (non-hydrogen) atoms. The fourth-order valence-corrected chi connectivity index (χ4v) is 1.50. The maximum absolute atomic E-state index is 12.0. The summed E-state index contributed by atoms with van der Waals surface area (Å²) in [4.78, 5) is 15.8. The molecular formula is C13H13N3O. The molecule has 0 unspecified atom stereocenters. The molecule has 2 aromatic rings. The third-order valence-electron chi connectivity index (χ3n) is 2.49. The van der Waals surface area contributed by atoms with E-state index in [0.29, 0.717) is 11.3 Å². The minimum Gasteiger partial charge on any atom is -0.398 e. The molecule has 1 heterocycles. The summed E-state index contributed by atoms with van der Waals surface area (Å²) in [5.41, 5.74) is 8.30. The Labute approximate surface area is 99.5 Å². The second-order valence-corrected chi connectivity index (χ2v) is 3.73. The van der Waals surface area contributed by atoms with Crippen LogP contribution in [0.2, 0.25) is 0 Å². The number of nitrogen functional groups attached to an aromatic ring is 1. The first-order chi connectivity index (χ1) is 8.18. The molecule has 0 saturated heterocycles. The Morgan fingerprint density at radius 3 is 2.76 bits per heavy atom. The zero-order valence-electron chi connectivity index (χ0n) is 9.47. The number of nitrogens with two attached hydrogens (primary N) is 1. The highest BCUT2D eigenvalue weighted by molar-refractivity contribution is 6.07. The largest absolute Gasteiger partial charge is 0.398 e. The lowest BCUT2D eigenvalue weighted by Gasteiger charge is -2.08. The Morgan fingerprint density at radius 2 is 2.06 bits per heavy atom. The highest BCUT2D eigenvalue weighted by atomic mass is 16.1. The van der Waals surface area contributed by atoms with E-state index in [1.165, 1.54) is 6.20 Å². The lowest BCUT2D eigenvalue weighted by atomic mass is 10.2. The van der Waals surface area contributed by atoms with Gasteiger partial charge in [0.2, 0.25) is 0 Å². The summed E-state index contributed by atoms with van der Waals surface area (Å²) in [7, 11) is 0. The van der Waals surface area contributed by atoms with Crippen molar-refractivity contribution in [2.45, 2.75) is 6.92 Å². The van der Waals surface area contributed by atoms with Crippen LogP contribution in [0.1, 0.15) is 15.9 Å². The van der Waals surface area contributed by atoms with Crippen LogP contribution >= 0.6 is 0 Å².